The number of carbonyl (C=O) groups excluding carboxylic acids is 1. The molecule has 0 fully saturated rings. The lowest BCUT2D eigenvalue weighted by atomic mass is 9.95. The number of anilines is 1. The third kappa shape index (κ3) is 3.82. The van der Waals surface area contributed by atoms with Crippen LogP contribution in [0.4, 0.5) is 5.95 Å². The van der Waals surface area contributed by atoms with E-state index >= 15 is 0 Å². The predicted octanol–water partition coefficient (Wildman–Crippen LogP) is 2.54. The summed E-state index contributed by atoms with van der Waals surface area (Å²) in [7, 11) is 0. The Bertz CT molecular complexity index is 718. The van der Waals surface area contributed by atoms with E-state index in [-0.39, 0.29) is 11.9 Å². The topological polar surface area (TPSA) is 76.1 Å². The average Bonchev–Trinajstić information content (AvgIpc) is 2.56. The van der Waals surface area contributed by atoms with E-state index in [0.717, 1.165) is 23.3 Å². The van der Waals surface area contributed by atoms with Crippen LogP contribution in [0, 0.1) is 13.8 Å². The number of aromatic nitrogens is 2. The molecule has 0 saturated carbocycles. The van der Waals surface area contributed by atoms with Crippen LogP contribution >= 0.6 is 0 Å². The van der Waals surface area contributed by atoms with Crippen LogP contribution in [0.3, 0.4) is 0 Å². The van der Waals surface area contributed by atoms with E-state index in [4.69, 9.17) is 4.74 Å². The molecular weight excluding hydrogens is 304 g/mol. The second kappa shape index (κ2) is 7.29. The molecule has 6 heteroatoms. The molecule has 0 bridgehead atoms. The van der Waals surface area contributed by atoms with Gasteiger partial charge in [-0.1, -0.05) is 17.7 Å². The van der Waals surface area contributed by atoms with Gasteiger partial charge in [-0.25, -0.2) is 9.97 Å². The molecule has 0 aliphatic carbocycles. The minimum atomic E-state index is 0.00725. The summed E-state index contributed by atoms with van der Waals surface area (Å²) < 4.78 is 5.78. The highest BCUT2D eigenvalue weighted by atomic mass is 16.5. The number of hydrogen-bond donors (Lipinski definition) is 2. The van der Waals surface area contributed by atoms with Gasteiger partial charge in [-0.3, -0.25) is 4.79 Å². The van der Waals surface area contributed by atoms with Crippen molar-refractivity contribution < 1.29 is 9.53 Å². The first-order chi connectivity index (χ1) is 11.6. The van der Waals surface area contributed by atoms with Gasteiger partial charge in [0.15, 0.2) is 0 Å². The summed E-state index contributed by atoms with van der Waals surface area (Å²) in [5, 5.41) is 6.16. The molecule has 3 rings (SSSR count). The first-order valence-electron chi connectivity index (χ1n) is 8.17. The number of amides is 1. The van der Waals surface area contributed by atoms with Crippen LogP contribution in [0.1, 0.15) is 35.6 Å². The molecule has 1 aromatic heterocycles. The Labute approximate surface area is 141 Å². The Balaban J connectivity index is 1.58. The predicted molar refractivity (Wildman–Crippen MR) is 92.1 cm³/mol. The first-order valence-corrected chi connectivity index (χ1v) is 8.17. The smallest absolute Gasteiger partial charge is 0.222 e. The van der Waals surface area contributed by atoms with Gasteiger partial charge in [0.2, 0.25) is 11.9 Å². The van der Waals surface area contributed by atoms with E-state index in [0.29, 0.717) is 25.5 Å². The van der Waals surface area contributed by atoms with Gasteiger partial charge in [-0.15, -0.1) is 0 Å². The van der Waals surface area contributed by atoms with E-state index in [2.05, 4.69) is 39.7 Å². The molecule has 1 aromatic carbocycles. The zero-order valence-corrected chi connectivity index (χ0v) is 14.0. The molecule has 2 heterocycles. The first kappa shape index (κ1) is 16.2. The van der Waals surface area contributed by atoms with Gasteiger partial charge in [-0.2, -0.15) is 0 Å². The summed E-state index contributed by atoms with van der Waals surface area (Å²) in [6.07, 6.45) is 4.49. The van der Waals surface area contributed by atoms with Gasteiger partial charge >= 0.3 is 0 Å². The highest BCUT2D eigenvalue weighted by Crippen LogP contribution is 2.35. The van der Waals surface area contributed by atoms with E-state index in [1.54, 1.807) is 18.5 Å². The van der Waals surface area contributed by atoms with Crippen molar-refractivity contribution in [3.05, 3.63) is 47.3 Å². The summed E-state index contributed by atoms with van der Waals surface area (Å²) in [4.78, 5) is 20.4. The molecule has 1 aliphatic heterocycles. The maximum atomic E-state index is 12.2. The van der Waals surface area contributed by atoms with Gasteiger partial charge in [-0.05, 0) is 25.5 Å². The van der Waals surface area contributed by atoms with E-state index in [1.807, 2.05) is 6.92 Å². The Morgan fingerprint density at radius 3 is 2.88 bits per heavy atom. The number of nitrogens with one attached hydrogen (secondary N) is 2. The molecule has 1 aliphatic rings. The summed E-state index contributed by atoms with van der Waals surface area (Å²) in [5.41, 5.74) is 3.37. The number of hydrogen-bond acceptors (Lipinski definition) is 5. The fraction of sp³-hybridized carbons (Fsp3) is 0.389. The second-order valence-electron chi connectivity index (χ2n) is 6.01. The van der Waals surface area contributed by atoms with Gasteiger partial charge in [0.1, 0.15) is 5.75 Å². The van der Waals surface area contributed by atoms with Crippen molar-refractivity contribution in [3.63, 3.8) is 0 Å². The summed E-state index contributed by atoms with van der Waals surface area (Å²) in [6, 6.07) is 5.97. The quantitative estimate of drug-likeness (QED) is 0.883. The highest BCUT2D eigenvalue weighted by Gasteiger charge is 2.24. The third-order valence-corrected chi connectivity index (χ3v) is 4.01. The number of benzene rings is 1. The third-order valence-electron chi connectivity index (χ3n) is 4.01. The normalized spacial score (nSPS) is 16.0. The molecular formula is C18H22N4O2. The van der Waals surface area contributed by atoms with E-state index in [9.17, 15) is 4.79 Å². The van der Waals surface area contributed by atoms with E-state index in [1.165, 1.54) is 5.56 Å². The maximum Gasteiger partial charge on any atom is 0.222 e. The molecule has 1 atom stereocenters. The minimum absolute atomic E-state index is 0.00725. The number of nitrogens with zero attached hydrogens (tertiary/aromatic N) is 2. The van der Waals surface area contributed by atoms with Crippen molar-refractivity contribution in [3.8, 4) is 5.75 Å². The van der Waals surface area contributed by atoms with Crippen LogP contribution in [0.25, 0.3) is 0 Å². The zero-order valence-electron chi connectivity index (χ0n) is 14.0. The molecule has 1 unspecified atom stereocenters. The second-order valence-corrected chi connectivity index (χ2v) is 6.01. The maximum absolute atomic E-state index is 12.2. The molecule has 6 nitrogen and oxygen atoms in total. The molecule has 0 saturated heterocycles. The number of rotatable bonds is 5. The Hall–Kier alpha value is -2.63. The van der Waals surface area contributed by atoms with Crippen LogP contribution in [0.2, 0.25) is 0 Å². The lowest BCUT2D eigenvalue weighted by molar-refractivity contribution is -0.121. The summed E-state index contributed by atoms with van der Waals surface area (Å²) in [6.45, 7) is 5.22. The van der Waals surface area contributed by atoms with Gasteiger partial charge in [0, 0.05) is 37.3 Å². The molecule has 1 amide bonds. The van der Waals surface area contributed by atoms with Crippen molar-refractivity contribution in [2.75, 3.05) is 18.5 Å². The standard InChI is InChI=1S/C18H22N4O2/c1-12-10-13(2)17-14(11-12)15(5-9-24-17)22-16(23)4-8-21-18-19-6-3-7-20-18/h3,6-7,10-11,15H,4-5,8-9H2,1-2H3,(H,22,23)(H,19,20,21). The van der Waals surface area contributed by atoms with Crippen LogP contribution in [0.15, 0.2) is 30.6 Å². The SMILES string of the molecule is Cc1cc(C)c2c(c1)C(NC(=O)CCNc1ncccn1)CCO2. The molecule has 126 valence electrons. The number of aryl methyl sites for hydroxylation is 2. The monoisotopic (exact) mass is 326 g/mol. The molecule has 24 heavy (non-hydrogen) atoms. The van der Waals surface area contributed by atoms with Crippen molar-refractivity contribution in [1.29, 1.82) is 0 Å². The Morgan fingerprint density at radius 1 is 1.29 bits per heavy atom. The lowest BCUT2D eigenvalue weighted by Gasteiger charge is -2.28. The number of ether oxygens (including phenoxy) is 1. The van der Waals surface area contributed by atoms with Crippen LogP contribution in [0.5, 0.6) is 5.75 Å². The minimum Gasteiger partial charge on any atom is -0.493 e. The number of fused-ring (bicyclic) bond motifs is 1. The highest BCUT2D eigenvalue weighted by molar-refractivity contribution is 5.77. The zero-order chi connectivity index (χ0) is 16.9. The Kier molecular flexibility index (Phi) is 4.93. The van der Waals surface area contributed by atoms with E-state index < -0.39 is 0 Å². The molecule has 0 spiro atoms. The summed E-state index contributed by atoms with van der Waals surface area (Å²) >= 11 is 0. The summed E-state index contributed by atoms with van der Waals surface area (Å²) in [5.74, 6) is 1.45. The van der Waals surface area contributed by atoms with Gasteiger partial charge in [0.05, 0.1) is 12.6 Å². The molecule has 2 aromatic rings. The molecule has 2 N–H and O–H groups in total. The largest absolute Gasteiger partial charge is 0.493 e. The van der Waals surface area contributed by atoms with Gasteiger partial charge < -0.3 is 15.4 Å². The lowest BCUT2D eigenvalue weighted by Crippen LogP contribution is -2.33. The van der Waals surface area contributed by atoms with Crippen molar-refractivity contribution in [2.45, 2.75) is 32.7 Å². The van der Waals surface area contributed by atoms with Gasteiger partial charge in [0.25, 0.3) is 0 Å². The average molecular weight is 326 g/mol. The van der Waals surface area contributed by atoms with Crippen LogP contribution in [-0.4, -0.2) is 29.0 Å². The van der Waals surface area contributed by atoms with Crippen molar-refractivity contribution in [1.82, 2.24) is 15.3 Å². The fourth-order valence-electron chi connectivity index (χ4n) is 2.97. The number of carbonyl (C=O) groups is 1. The molecule has 0 radical (unpaired) electrons. The van der Waals surface area contributed by atoms with Crippen molar-refractivity contribution in [2.24, 2.45) is 0 Å². The van der Waals surface area contributed by atoms with Crippen molar-refractivity contribution >= 4 is 11.9 Å². The Morgan fingerprint density at radius 2 is 2.08 bits per heavy atom. The fourth-order valence-corrected chi connectivity index (χ4v) is 2.97. The van der Waals surface area contributed by atoms with Crippen LogP contribution < -0.4 is 15.4 Å². The van der Waals surface area contributed by atoms with Crippen LogP contribution in [-0.2, 0) is 4.79 Å².